The second kappa shape index (κ2) is 6.34. The Morgan fingerprint density at radius 3 is 2.46 bits per heavy atom. The van der Waals surface area contributed by atoms with E-state index >= 15 is 0 Å². The van der Waals surface area contributed by atoms with E-state index in [4.69, 9.17) is 5.73 Å². The van der Waals surface area contributed by atoms with Gasteiger partial charge in [-0.2, -0.15) is 13.2 Å². The predicted molar refractivity (Wildman–Crippen MR) is 81.9 cm³/mol. The highest BCUT2D eigenvalue weighted by Crippen LogP contribution is 2.36. The number of primary amides is 1. The number of rotatable bonds is 3. The first-order valence-electron chi connectivity index (χ1n) is 7.25. The molecular formula is C14H14F3N5OS. The number of thiazole rings is 1. The number of piperidine rings is 1. The number of hydrogen-bond acceptors (Lipinski definition) is 6. The second-order valence-corrected chi connectivity index (χ2v) is 6.36. The maximum atomic E-state index is 12.6. The van der Waals surface area contributed by atoms with Crippen molar-refractivity contribution in [2.24, 2.45) is 5.73 Å². The van der Waals surface area contributed by atoms with Crippen LogP contribution in [0.25, 0.3) is 0 Å². The van der Waals surface area contributed by atoms with Gasteiger partial charge in [-0.15, -0.1) is 21.5 Å². The van der Waals surface area contributed by atoms with Gasteiger partial charge in [0, 0.05) is 24.4 Å². The van der Waals surface area contributed by atoms with Crippen LogP contribution in [0.5, 0.6) is 0 Å². The predicted octanol–water partition coefficient (Wildman–Crippen LogP) is 2.43. The molecule has 2 N–H and O–H groups in total. The lowest BCUT2D eigenvalue weighted by Gasteiger charge is -2.31. The molecule has 0 bridgehead atoms. The highest BCUT2D eigenvalue weighted by atomic mass is 32.1. The molecule has 0 atom stereocenters. The highest BCUT2D eigenvalue weighted by Gasteiger charge is 2.35. The molecule has 1 saturated heterocycles. The van der Waals surface area contributed by atoms with E-state index in [0.717, 1.165) is 16.7 Å². The Morgan fingerprint density at radius 2 is 1.96 bits per heavy atom. The van der Waals surface area contributed by atoms with Gasteiger partial charge in [0.1, 0.15) is 0 Å². The van der Waals surface area contributed by atoms with Gasteiger partial charge in [-0.3, -0.25) is 4.79 Å². The van der Waals surface area contributed by atoms with E-state index < -0.39 is 17.8 Å². The Hall–Kier alpha value is -2.23. The summed E-state index contributed by atoms with van der Waals surface area (Å²) < 4.78 is 37.9. The van der Waals surface area contributed by atoms with E-state index in [1.165, 1.54) is 6.07 Å². The van der Waals surface area contributed by atoms with Gasteiger partial charge in [0.2, 0.25) is 0 Å². The average molecular weight is 357 g/mol. The van der Waals surface area contributed by atoms with Gasteiger partial charge in [0.05, 0.1) is 5.01 Å². The molecule has 0 spiro atoms. The maximum absolute atomic E-state index is 12.6. The molecule has 3 rings (SSSR count). The summed E-state index contributed by atoms with van der Waals surface area (Å²) >= 11 is 1.06. The summed E-state index contributed by atoms with van der Waals surface area (Å²) in [5, 5.41) is 9.32. The third-order valence-electron chi connectivity index (χ3n) is 3.88. The van der Waals surface area contributed by atoms with Crippen LogP contribution in [-0.2, 0) is 6.18 Å². The first-order chi connectivity index (χ1) is 11.3. The SMILES string of the molecule is NC(=O)c1ccc(N2CCC(c3nc(C(F)(F)F)cs3)CC2)nn1. The van der Waals surface area contributed by atoms with Crippen LogP contribution in [0.15, 0.2) is 17.5 Å². The summed E-state index contributed by atoms with van der Waals surface area (Å²) in [6.45, 7) is 1.27. The summed E-state index contributed by atoms with van der Waals surface area (Å²) in [6.07, 6.45) is -3.03. The number of alkyl halides is 3. The van der Waals surface area contributed by atoms with Crippen LogP contribution in [0.4, 0.5) is 19.0 Å². The number of halogens is 3. The second-order valence-electron chi connectivity index (χ2n) is 5.47. The fraction of sp³-hybridized carbons (Fsp3) is 0.429. The summed E-state index contributed by atoms with van der Waals surface area (Å²) in [5.74, 6) is -0.00855. The number of anilines is 1. The molecular weight excluding hydrogens is 343 g/mol. The fourth-order valence-electron chi connectivity index (χ4n) is 2.59. The Morgan fingerprint density at radius 1 is 1.25 bits per heavy atom. The Kier molecular flexibility index (Phi) is 4.39. The first-order valence-corrected chi connectivity index (χ1v) is 8.13. The Bertz CT molecular complexity index is 723. The normalized spacial score (nSPS) is 16.4. The van der Waals surface area contributed by atoms with E-state index in [-0.39, 0.29) is 11.6 Å². The molecule has 1 amide bonds. The van der Waals surface area contributed by atoms with Crippen LogP contribution >= 0.6 is 11.3 Å². The molecule has 0 aromatic carbocycles. The smallest absolute Gasteiger partial charge is 0.364 e. The molecule has 24 heavy (non-hydrogen) atoms. The molecule has 0 radical (unpaired) electrons. The third kappa shape index (κ3) is 3.48. The van der Waals surface area contributed by atoms with E-state index in [9.17, 15) is 18.0 Å². The van der Waals surface area contributed by atoms with Crippen molar-refractivity contribution < 1.29 is 18.0 Å². The van der Waals surface area contributed by atoms with Crippen molar-refractivity contribution in [2.75, 3.05) is 18.0 Å². The maximum Gasteiger partial charge on any atom is 0.434 e. The van der Waals surface area contributed by atoms with Crippen LogP contribution < -0.4 is 10.6 Å². The van der Waals surface area contributed by atoms with Crippen molar-refractivity contribution in [3.8, 4) is 0 Å². The molecule has 0 unspecified atom stereocenters. The minimum atomic E-state index is -4.40. The molecule has 2 aromatic heterocycles. The molecule has 2 aromatic rings. The highest BCUT2D eigenvalue weighted by molar-refractivity contribution is 7.09. The van der Waals surface area contributed by atoms with Gasteiger partial charge >= 0.3 is 6.18 Å². The number of nitrogens with two attached hydrogens (primary N) is 1. The molecule has 0 aliphatic carbocycles. The van der Waals surface area contributed by atoms with Crippen LogP contribution in [0, 0.1) is 0 Å². The number of aromatic nitrogens is 3. The van der Waals surface area contributed by atoms with Crippen molar-refractivity contribution in [1.82, 2.24) is 15.2 Å². The largest absolute Gasteiger partial charge is 0.434 e. The van der Waals surface area contributed by atoms with Crippen LogP contribution in [0.2, 0.25) is 0 Å². The lowest BCUT2D eigenvalue weighted by molar-refractivity contribution is -0.140. The van der Waals surface area contributed by atoms with Crippen LogP contribution in [0.3, 0.4) is 0 Å². The molecule has 128 valence electrons. The molecule has 1 aliphatic rings. The topological polar surface area (TPSA) is 85.0 Å². The van der Waals surface area contributed by atoms with Gasteiger partial charge in [-0.1, -0.05) is 0 Å². The minimum Gasteiger partial charge on any atom is -0.364 e. The molecule has 6 nitrogen and oxygen atoms in total. The zero-order valence-corrected chi connectivity index (χ0v) is 13.3. The minimum absolute atomic E-state index is 0.0141. The van der Waals surface area contributed by atoms with Gasteiger partial charge in [-0.05, 0) is 25.0 Å². The summed E-state index contributed by atoms with van der Waals surface area (Å²) in [4.78, 5) is 16.7. The monoisotopic (exact) mass is 357 g/mol. The number of hydrogen-bond donors (Lipinski definition) is 1. The first kappa shape index (κ1) is 16.6. The average Bonchev–Trinajstić information content (AvgIpc) is 3.05. The van der Waals surface area contributed by atoms with Gasteiger partial charge < -0.3 is 10.6 Å². The van der Waals surface area contributed by atoms with E-state index in [1.807, 2.05) is 4.90 Å². The summed E-state index contributed by atoms with van der Waals surface area (Å²) in [7, 11) is 0. The van der Waals surface area contributed by atoms with Crippen molar-refractivity contribution >= 4 is 23.1 Å². The standard InChI is InChI=1S/C14H14F3N5OS/c15-14(16,17)10-7-24-13(19-10)8-3-5-22(6-4-8)11-2-1-9(12(18)23)20-21-11/h1-2,7-8H,3-6H2,(H2,18,23). The summed E-state index contributed by atoms with van der Waals surface area (Å²) in [5.41, 5.74) is 4.39. The third-order valence-corrected chi connectivity index (χ3v) is 4.89. The van der Waals surface area contributed by atoms with Gasteiger partial charge in [0.25, 0.3) is 5.91 Å². The molecule has 3 heterocycles. The molecule has 1 aliphatic heterocycles. The van der Waals surface area contributed by atoms with E-state index in [1.54, 1.807) is 6.07 Å². The quantitative estimate of drug-likeness (QED) is 0.912. The number of carbonyl (C=O) groups excluding carboxylic acids is 1. The molecule has 1 fully saturated rings. The molecule has 0 saturated carbocycles. The van der Waals surface area contributed by atoms with E-state index in [0.29, 0.717) is 36.8 Å². The van der Waals surface area contributed by atoms with E-state index in [2.05, 4.69) is 15.2 Å². The fourth-order valence-corrected chi connectivity index (χ4v) is 3.58. The Labute approximate surface area is 139 Å². The number of carbonyl (C=O) groups is 1. The van der Waals surface area contributed by atoms with Crippen molar-refractivity contribution in [1.29, 1.82) is 0 Å². The van der Waals surface area contributed by atoms with Crippen molar-refractivity contribution in [3.05, 3.63) is 33.9 Å². The lowest BCUT2D eigenvalue weighted by atomic mass is 9.97. The molecule has 10 heteroatoms. The zero-order valence-electron chi connectivity index (χ0n) is 12.5. The number of nitrogens with zero attached hydrogens (tertiary/aromatic N) is 4. The van der Waals surface area contributed by atoms with Crippen molar-refractivity contribution in [2.45, 2.75) is 24.9 Å². The number of amides is 1. The van der Waals surface area contributed by atoms with Crippen LogP contribution in [0.1, 0.15) is 39.9 Å². The van der Waals surface area contributed by atoms with Gasteiger partial charge in [-0.25, -0.2) is 4.98 Å². The van der Waals surface area contributed by atoms with Gasteiger partial charge in [0.15, 0.2) is 17.2 Å². The summed E-state index contributed by atoms with van der Waals surface area (Å²) in [6, 6.07) is 3.17. The lowest BCUT2D eigenvalue weighted by Crippen LogP contribution is -2.33. The Balaban J connectivity index is 1.63. The zero-order chi connectivity index (χ0) is 17.3. The van der Waals surface area contributed by atoms with Crippen molar-refractivity contribution in [3.63, 3.8) is 0 Å². The van der Waals surface area contributed by atoms with Crippen LogP contribution in [-0.4, -0.2) is 34.2 Å².